The lowest BCUT2D eigenvalue weighted by molar-refractivity contribution is -0.120. The molecule has 0 aliphatic rings. The first-order valence-electron chi connectivity index (χ1n) is 15.6. The summed E-state index contributed by atoms with van der Waals surface area (Å²) in [5, 5.41) is 3.10. The van der Waals surface area contributed by atoms with Gasteiger partial charge in [0, 0.05) is 19.5 Å². The Hall–Kier alpha value is -3.40. The second kappa shape index (κ2) is 16.6. The fourth-order valence-electron chi connectivity index (χ4n) is 5.48. The average molecular weight is 538 g/mol. The van der Waals surface area contributed by atoms with Crippen molar-refractivity contribution in [2.45, 2.75) is 96.9 Å². The number of hydrogen-bond donors (Lipinski definition) is 1. The van der Waals surface area contributed by atoms with Crippen molar-refractivity contribution in [2.75, 3.05) is 6.54 Å². The highest BCUT2D eigenvalue weighted by Crippen LogP contribution is 2.21. The van der Waals surface area contributed by atoms with Gasteiger partial charge in [-0.05, 0) is 48.1 Å². The number of fused-ring (bicyclic) bond motifs is 1. The maximum atomic E-state index is 12.5. The molecule has 0 aliphatic carbocycles. The highest BCUT2D eigenvalue weighted by atomic mass is 16.1. The van der Waals surface area contributed by atoms with Crippen LogP contribution in [0.25, 0.3) is 22.2 Å². The number of nitrogens with zero attached hydrogens (tertiary/aromatic N) is 2. The molecule has 212 valence electrons. The number of carbonyl (C=O) groups excluding carboxylic acids is 1. The lowest BCUT2D eigenvalue weighted by Gasteiger charge is -2.10. The Bertz CT molecular complexity index is 1280. The van der Waals surface area contributed by atoms with Crippen molar-refractivity contribution in [3.05, 3.63) is 90.3 Å². The molecule has 40 heavy (non-hydrogen) atoms. The molecule has 3 aromatic carbocycles. The highest BCUT2D eigenvalue weighted by molar-refractivity contribution is 5.79. The third-order valence-electron chi connectivity index (χ3n) is 7.79. The minimum Gasteiger partial charge on any atom is -0.356 e. The van der Waals surface area contributed by atoms with Crippen LogP contribution < -0.4 is 5.32 Å². The molecule has 0 unspecified atom stereocenters. The molecule has 4 heteroatoms. The van der Waals surface area contributed by atoms with Crippen LogP contribution in [0.3, 0.4) is 0 Å². The minimum atomic E-state index is 0.0969. The van der Waals surface area contributed by atoms with Crippen molar-refractivity contribution in [1.29, 1.82) is 0 Å². The standard InChI is InChI=1S/C36H47N3O/c1-2-3-4-5-6-7-8-17-28-39-34-21-15-14-20-33(34)38-35(39)22-13-10-16-27-37-36(40)29-30-23-25-32(26-24-30)31-18-11-9-12-19-31/h9,11-12,14-15,18-21,23-26H,2-8,10,13,16-17,22,27-29H2,1H3,(H,37,40). The van der Waals surface area contributed by atoms with Gasteiger partial charge in [-0.2, -0.15) is 0 Å². The van der Waals surface area contributed by atoms with Crippen LogP contribution >= 0.6 is 0 Å². The summed E-state index contributed by atoms with van der Waals surface area (Å²) in [5.74, 6) is 1.31. The van der Waals surface area contributed by atoms with Gasteiger partial charge >= 0.3 is 0 Å². The smallest absolute Gasteiger partial charge is 0.224 e. The Labute approximate surface area is 241 Å². The number of nitrogens with one attached hydrogen (secondary N) is 1. The van der Waals surface area contributed by atoms with E-state index in [-0.39, 0.29) is 5.91 Å². The summed E-state index contributed by atoms with van der Waals surface area (Å²) in [4.78, 5) is 17.4. The van der Waals surface area contributed by atoms with E-state index < -0.39 is 0 Å². The molecule has 4 nitrogen and oxygen atoms in total. The third kappa shape index (κ3) is 9.36. The summed E-state index contributed by atoms with van der Waals surface area (Å²) in [6, 6.07) is 27.2. The number of rotatable bonds is 18. The number of imidazole rings is 1. The first-order valence-corrected chi connectivity index (χ1v) is 15.6. The predicted molar refractivity (Wildman–Crippen MR) is 168 cm³/mol. The van der Waals surface area contributed by atoms with Crippen molar-refractivity contribution in [3.63, 3.8) is 0 Å². The molecular weight excluding hydrogens is 490 g/mol. The molecule has 0 aliphatic heterocycles. The first-order chi connectivity index (χ1) is 19.7. The van der Waals surface area contributed by atoms with E-state index in [2.05, 4.69) is 77.5 Å². The average Bonchev–Trinajstić information content (AvgIpc) is 3.34. The van der Waals surface area contributed by atoms with E-state index in [1.165, 1.54) is 73.8 Å². The summed E-state index contributed by atoms with van der Waals surface area (Å²) in [7, 11) is 0. The van der Waals surface area contributed by atoms with Crippen LogP contribution in [-0.4, -0.2) is 22.0 Å². The quantitative estimate of drug-likeness (QED) is 0.129. The number of aromatic nitrogens is 2. The van der Waals surface area contributed by atoms with Crippen molar-refractivity contribution in [2.24, 2.45) is 0 Å². The second-order valence-corrected chi connectivity index (χ2v) is 11.0. The van der Waals surface area contributed by atoms with E-state index in [1.54, 1.807) is 0 Å². The topological polar surface area (TPSA) is 46.9 Å². The zero-order valence-corrected chi connectivity index (χ0v) is 24.4. The van der Waals surface area contributed by atoms with Crippen LogP contribution in [0.5, 0.6) is 0 Å². The number of aryl methyl sites for hydroxylation is 2. The van der Waals surface area contributed by atoms with Gasteiger partial charge in [-0.15, -0.1) is 0 Å². The molecule has 1 heterocycles. The van der Waals surface area contributed by atoms with Gasteiger partial charge in [0.15, 0.2) is 0 Å². The molecule has 0 saturated heterocycles. The van der Waals surface area contributed by atoms with Crippen LogP contribution in [0.15, 0.2) is 78.9 Å². The maximum Gasteiger partial charge on any atom is 0.224 e. The monoisotopic (exact) mass is 537 g/mol. The zero-order valence-electron chi connectivity index (χ0n) is 24.4. The molecule has 1 amide bonds. The Morgan fingerprint density at radius 3 is 2.12 bits per heavy atom. The van der Waals surface area contributed by atoms with Gasteiger partial charge in [0.25, 0.3) is 0 Å². The van der Waals surface area contributed by atoms with Crippen LogP contribution in [0.1, 0.15) is 88.9 Å². The lowest BCUT2D eigenvalue weighted by Crippen LogP contribution is -2.26. The number of carbonyl (C=O) groups is 1. The summed E-state index contributed by atoms with van der Waals surface area (Å²) in [5.41, 5.74) is 5.80. The number of benzene rings is 3. The Morgan fingerprint density at radius 2 is 1.35 bits per heavy atom. The van der Waals surface area contributed by atoms with Crippen LogP contribution in [0.4, 0.5) is 0 Å². The summed E-state index contributed by atoms with van der Waals surface area (Å²) >= 11 is 0. The Kier molecular flexibility index (Phi) is 12.3. The van der Waals surface area contributed by atoms with Gasteiger partial charge in [0.2, 0.25) is 5.91 Å². The fraction of sp³-hybridized carbons (Fsp3) is 0.444. The van der Waals surface area contributed by atoms with Crippen molar-refractivity contribution >= 4 is 16.9 Å². The number of para-hydroxylation sites is 2. The van der Waals surface area contributed by atoms with Crippen LogP contribution in [-0.2, 0) is 24.2 Å². The molecule has 0 fully saturated rings. The van der Waals surface area contributed by atoms with Gasteiger partial charge in [0.05, 0.1) is 17.5 Å². The molecule has 1 N–H and O–H groups in total. The van der Waals surface area contributed by atoms with Crippen molar-refractivity contribution < 1.29 is 4.79 Å². The van der Waals surface area contributed by atoms with E-state index in [0.717, 1.165) is 49.9 Å². The highest BCUT2D eigenvalue weighted by Gasteiger charge is 2.10. The number of unbranched alkanes of at least 4 members (excludes halogenated alkanes) is 9. The summed E-state index contributed by atoms with van der Waals surface area (Å²) in [6.07, 6.45) is 15.3. The third-order valence-corrected chi connectivity index (χ3v) is 7.79. The number of amides is 1. The van der Waals surface area contributed by atoms with Crippen molar-refractivity contribution in [3.8, 4) is 11.1 Å². The van der Waals surface area contributed by atoms with E-state index in [0.29, 0.717) is 6.42 Å². The van der Waals surface area contributed by atoms with Gasteiger partial charge in [-0.1, -0.05) is 125 Å². The van der Waals surface area contributed by atoms with Gasteiger partial charge in [-0.25, -0.2) is 4.98 Å². The van der Waals surface area contributed by atoms with E-state index in [1.807, 2.05) is 18.2 Å². The second-order valence-electron chi connectivity index (χ2n) is 11.0. The molecule has 4 aromatic rings. The summed E-state index contributed by atoms with van der Waals surface area (Å²) in [6.45, 7) is 4.07. The molecule has 0 radical (unpaired) electrons. The largest absolute Gasteiger partial charge is 0.356 e. The Balaban J connectivity index is 1.14. The SMILES string of the molecule is CCCCCCCCCCn1c(CCCCCNC(=O)Cc2ccc(-c3ccccc3)cc2)nc2ccccc21. The molecular formula is C36H47N3O. The van der Waals surface area contributed by atoms with Gasteiger partial charge < -0.3 is 9.88 Å². The molecule has 0 spiro atoms. The van der Waals surface area contributed by atoms with E-state index in [4.69, 9.17) is 4.98 Å². The molecule has 0 saturated carbocycles. The molecule has 0 atom stereocenters. The van der Waals surface area contributed by atoms with Crippen molar-refractivity contribution in [1.82, 2.24) is 14.9 Å². The van der Waals surface area contributed by atoms with Gasteiger partial charge in [-0.3, -0.25) is 4.79 Å². The maximum absolute atomic E-state index is 12.5. The van der Waals surface area contributed by atoms with Gasteiger partial charge in [0.1, 0.15) is 5.82 Å². The molecule has 4 rings (SSSR count). The predicted octanol–water partition coefficient (Wildman–Crippen LogP) is 8.92. The first kappa shape index (κ1) is 29.6. The fourth-order valence-corrected chi connectivity index (χ4v) is 5.48. The van der Waals surface area contributed by atoms with E-state index >= 15 is 0 Å². The summed E-state index contributed by atoms with van der Waals surface area (Å²) < 4.78 is 2.46. The number of hydrogen-bond acceptors (Lipinski definition) is 2. The molecule has 0 bridgehead atoms. The normalized spacial score (nSPS) is 11.2. The van der Waals surface area contributed by atoms with Crippen LogP contribution in [0.2, 0.25) is 0 Å². The van der Waals surface area contributed by atoms with Crippen LogP contribution in [0, 0.1) is 0 Å². The zero-order chi connectivity index (χ0) is 27.8. The Morgan fingerprint density at radius 1 is 0.700 bits per heavy atom. The molecule has 1 aromatic heterocycles. The lowest BCUT2D eigenvalue weighted by atomic mass is 10.0. The van der Waals surface area contributed by atoms with E-state index in [9.17, 15) is 4.79 Å². The minimum absolute atomic E-state index is 0.0969.